The van der Waals surface area contributed by atoms with Crippen molar-refractivity contribution in [2.24, 2.45) is 11.7 Å². The fraction of sp³-hybridized carbons (Fsp3) is 0.467. The first-order chi connectivity index (χ1) is 8.63. The molecule has 0 aliphatic rings. The summed E-state index contributed by atoms with van der Waals surface area (Å²) >= 11 is 0. The molecule has 1 aromatic heterocycles. The molecule has 0 bridgehead atoms. The van der Waals surface area contributed by atoms with Crippen molar-refractivity contribution < 1.29 is 4.42 Å². The molecule has 0 amide bonds. The first-order valence-corrected chi connectivity index (χ1v) is 6.50. The zero-order chi connectivity index (χ0) is 13.1. The zero-order valence-electron chi connectivity index (χ0n) is 11.4. The molecular weight excluding hydrogens is 224 g/mol. The Morgan fingerprint density at radius 3 is 2.67 bits per heavy atom. The molecule has 1 heterocycles. The van der Waals surface area contributed by atoms with Gasteiger partial charge in [0.05, 0.1) is 12.3 Å². The van der Waals surface area contributed by atoms with Gasteiger partial charge in [0.2, 0.25) is 0 Å². The Morgan fingerprint density at radius 1 is 1.28 bits per heavy atom. The third-order valence-electron chi connectivity index (χ3n) is 3.28. The topological polar surface area (TPSA) is 42.4 Å². The number of hydrogen-bond acceptors (Lipinski definition) is 3. The van der Waals surface area contributed by atoms with Gasteiger partial charge in [0, 0.05) is 24.0 Å². The number of nitrogens with two attached hydrogens (primary N) is 1. The van der Waals surface area contributed by atoms with Gasteiger partial charge in [-0.25, -0.2) is 0 Å². The molecule has 3 heteroatoms. The van der Waals surface area contributed by atoms with Gasteiger partial charge in [0.1, 0.15) is 5.58 Å². The van der Waals surface area contributed by atoms with E-state index in [2.05, 4.69) is 31.9 Å². The molecule has 0 radical (unpaired) electrons. The van der Waals surface area contributed by atoms with Gasteiger partial charge >= 0.3 is 0 Å². The quantitative estimate of drug-likeness (QED) is 0.881. The molecule has 98 valence electrons. The Balaban J connectivity index is 2.32. The summed E-state index contributed by atoms with van der Waals surface area (Å²) < 4.78 is 5.60. The van der Waals surface area contributed by atoms with Gasteiger partial charge in [-0.1, -0.05) is 32.0 Å². The van der Waals surface area contributed by atoms with E-state index in [-0.39, 0.29) is 6.04 Å². The summed E-state index contributed by atoms with van der Waals surface area (Å²) in [7, 11) is 2.12. The lowest BCUT2D eigenvalue weighted by Crippen LogP contribution is -2.33. The average molecular weight is 246 g/mol. The van der Waals surface area contributed by atoms with Crippen LogP contribution < -0.4 is 5.73 Å². The Morgan fingerprint density at radius 2 is 2.00 bits per heavy atom. The molecular formula is C15H22N2O. The summed E-state index contributed by atoms with van der Waals surface area (Å²) in [6, 6.07) is 8.34. The number of nitrogens with zero attached hydrogens (tertiary/aromatic N) is 1. The molecule has 0 aliphatic heterocycles. The third-order valence-corrected chi connectivity index (χ3v) is 3.28. The van der Waals surface area contributed by atoms with Crippen molar-refractivity contribution in [3.05, 3.63) is 36.1 Å². The molecule has 0 spiro atoms. The van der Waals surface area contributed by atoms with E-state index in [4.69, 9.17) is 10.2 Å². The molecule has 1 atom stereocenters. The summed E-state index contributed by atoms with van der Waals surface area (Å²) in [5, 5.41) is 1.17. The van der Waals surface area contributed by atoms with Crippen LogP contribution in [0.1, 0.15) is 25.5 Å². The highest BCUT2D eigenvalue weighted by molar-refractivity contribution is 5.81. The second kappa shape index (κ2) is 5.55. The molecule has 2 aromatic rings. The van der Waals surface area contributed by atoms with Crippen LogP contribution in [0.4, 0.5) is 0 Å². The van der Waals surface area contributed by atoms with Gasteiger partial charge in [0.25, 0.3) is 0 Å². The zero-order valence-corrected chi connectivity index (χ0v) is 11.4. The molecule has 2 rings (SSSR count). The van der Waals surface area contributed by atoms with E-state index >= 15 is 0 Å². The van der Waals surface area contributed by atoms with Gasteiger partial charge in [-0.15, -0.1) is 0 Å². The van der Waals surface area contributed by atoms with Crippen LogP contribution in [0.3, 0.4) is 0 Å². The normalized spacial score (nSPS) is 13.7. The van der Waals surface area contributed by atoms with Crippen LogP contribution >= 0.6 is 0 Å². The maximum atomic E-state index is 5.95. The highest BCUT2D eigenvalue weighted by Crippen LogP contribution is 2.29. The number of rotatable bonds is 5. The Bertz CT molecular complexity index is 504. The first kappa shape index (κ1) is 13.1. The summed E-state index contributed by atoms with van der Waals surface area (Å²) in [4.78, 5) is 2.31. The maximum absolute atomic E-state index is 5.95. The van der Waals surface area contributed by atoms with Crippen molar-refractivity contribution >= 4 is 11.0 Å². The van der Waals surface area contributed by atoms with E-state index < -0.39 is 0 Å². The molecule has 2 N–H and O–H groups in total. The van der Waals surface area contributed by atoms with Gasteiger partial charge in [-0.05, 0) is 19.0 Å². The van der Waals surface area contributed by atoms with Gasteiger partial charge in [-0.3, -0.25) is 4.90 Å². The van der Waals surface area contributed by atoms with Crippen LogP contribution in [0.2, 0.25) is 0 Å². The number of furan rings is 1. The van der Waals surface area contributed by atoms with E-state index in [9.17, 15) is 0 Å². The molecule has 0 aliphatic carbocycles. The van der Waals surface area contributed by atoms with Crippen LogP contribution in [0.25, 0.3) is 11.0 Å². The summed E-state index contributed by atoms with van der Waals surface area (Å²) in [6.45, 7) is 6.07. The molecule has 1 aromatic carbocycles. The van der Waals surface area contributed by atoms with Gasteiger partial charge in [-0.2, -0.15) is 0 Å². The van der Waals surface area contributed by atoms with Crippen molar-refractivity contribution in [1.29, 1.82) is 0 Å². The Hall–Kier alpha value is -1.32. The van der Waals surface area contributed by atoms with Crippen molar-refractivity contribution in [2.45, 2.75) is 19.9 Å². The van der Waals surface area contributed by atoms with E-state index in [1.54, 1.807) is 0 Å². The first-order valence-electron chi connectivity index (χ1n) is 6.50. The largest absolute Gasteiger partial charge is 0.464 e. The van der Waals surface area contributed by atoms with Gasteiger partial charge in [0.15, 0.2) is 0 Å². The number of hydrogen-bond donors (Lipinski definition) is 1. The lowest BCUT2D eigenvalue weighted by atomic mass is 10.0. The highest BCUT2D eigenvalue weighted by Gasteiger charge is 2.20. The van der Waals surface area contributed by atoms with Crippen LogP contribution in [-0.4, -0.2) is 25.0 Å². The number of para-hydroxylation sites is 1. The molecule has 1 unspecified atom stereocenters. The Kier molecular flexibility index (Phi) is 4.04. The molecule has 0 saturated carbocycles. The smallest absolute Gasteiger partial charge is 0.134 e. The average Bonchev–Trinajstić information content (AvgIpc) is 2.73. The lowest BCUT2D eigenvalue weighted by Gasteiger charge is -2.27. The second-order valence-corrected chi connectivity index (χ2v) is 5.27. The van der Waals surface area contributed by atoms with Crippen molar-refractivity contribution in [2.75, 3.05) is 20.1 Å². The standard InChI is InChI=1S/C15H22N2O/c1-11(2)9-17(3)14(8-16)13-10-18-15-7-5-4-6-12(13)15/h4-7,10-11,14H,8-9,16H2,1-3H3. The minimum absolute atomic E-state index is 0.219. The highest BCUT2D eigenvalue weighted by atomic mass is 16.3. The minimum atomic E-state index is 0.219. The fourth-order valence-electron chi connectivity index (χ4n) is 2.50. The van der Waals surface area contributed by atoms with Crippen LogP contribution in [-0.2, 0) is 0 Å². The maximum Gasteiger partial charge on any atom is 0.134 e. The summed E-state index contributed by atoms with van der Waals surface area (Å²) in [5.41, 5.74) is 8.07. The molecule has 0 saturated heterocycles. The van der Waals surface area contributed by atoms with Crippen LogP contribution in [0.15, 0.2) is 34.9 Å². The fourth-order valence-corrected chi connectivity index (χ4v) is 2.50. The lowest BCUT2D eigenvalue weighted by molar-refractivity contribution is 0.224. The summed E-state index contributed by atoms with van der Waals surface area (Å²) in [6.07, 6.45) is 1.85. The van der Waals surface area contributed by atoms with E-state index in [0.29, 0.717) is 12.5 Å². The van der Waals surface area contributed by atoms with Gasteiger partial charge < -0.3 is 10.2 Å². The number of likely N-dealkylation sites (N-methyl/N-ethyl adjacent to an activating group) is 1. The van der Waals surface area contributed by atoms with Crippen LogP contribution in [0.5, 0.6) is 0 Å². The number of benzene rings is 1. The predicted octanol–water partition coefficient (Wildman–Crippen LogP) is 3.02. The van der Waals surface area contributed by atoms with Crippen molar-refractivity contribution in [3.63, 3.8) is 0 Å². The van der Waals surface area contributed by atoms with Crippen LogP contribution in [0, 0.1) is 5.92 Å². The predicted molar refractivity (Wildman–Crippen MR) is 75.5 cm³/mol. The third kappa shape index (κ3) is 2.57. The monoisotopic (exact) mass is 246 g/mol. The molecule has 0 fully saturated rings. The van der Waals surface area contributed by atoms with Crippen molar-refractivity contribution in [3.8, 4) is 0 Å². The van der Waals surface area contributed by atoms with E-state index in [0.717, 1.165) is 12.1 Å². The molecule has 3 nitrogen and oxygen atoms in total. The SMILES string of the molecule is CC(C)CN(C)C(CN)c1coc2ccccc12. The van der Waals surface area contributed by atoms with Crippen molar-refractivity contribution in [1.82, 2.24) is 4.90 Å². The molecule has 18 heavy (non-hydrogen) atoms. The second-order valence-electron chi connectivity index (χ2n) is 5.27. The summed E-state index contributed by atoms with van der Waals surface area (Å²) in [5.74, 6) is 0.627. The minimum Gasteiger partial charge on any atom is -0.464 e. The van der Waals surface area contributed by atoms with E-state index in [1.807, 2.05) is 24.5 Å². The number of fused-ring (bicyclic) bond motifs is 1. The van der Waals surface area contributed by atoms with E-state index in [1.165, 1.54) is 10.9 Å². The Labute approximate surface area is 109 Å².